The molecule has 0 spiro atoms. The SMILES string of the molecule is CCC(C)([CH]CCC(CCSCCOCCOC)OCOC)c1ccc(OCOC)cc1. The molecule has 0 aliphatic rings. The fourth-order valence-corrected chi connectivity index (χ4v) is 4.14. The molecule has 32 heavy (non-hydrogen) atoms. The maximum Gasteiger partial charge on any atom is 0.188 e. The van der Waals surface area contributed by atoms with Gasteiger partial charge < -0.3 is 28.4 Å². The van der Waals surface area contributed by atoms with Crippen molar-refractivity contribution in [3.63, 3.8) is 0 Å². The topological polar surface area (TPSA) is 55.4 Å². The normalized spacial score (nSPS) is 14.3. The number of ether oxygens (including phenoxy) is 6. The average Bonchev–Trinajstić information content (AvgIpc) is 2.82. The zero-order valence-corrected chi connectivity index (χ0v) is 21.4. The van der Waals surface area contributed by atoms with Gasteiger partial charge in [-0.05, 0) is 61.0 Å². The fraction of sp³-hybridized carbons (Fsp3) is 0.720. The predicted molar refractivity (Wildman–Crippen MR) is 132 cm³/mol. The van der Waals surface area contributed by atoms with E-state index in [0.29, 0.717) is 20.0 Å². The van der Waals surface area contributed by atoms with Gasteiger partial charge in [0.2, 0.25) is 0 Å². The third-order valence-electron chi connectivity index (χ3n) is 5.48. The van der Waals surface area contributed by atoms with E-state index in [2.05, 4.69) is 32.4 Å². The van der Waals surface area contributed by atoms with Gasteiger partial charge in [-0.25, -0.2) is 0 Å². The van der Waals surface area contributed by atoms with Crippen LogP contribution in [0.25, 0.3) is 0 Å². The summed E-state index contributed by atoms with van der Waals surface area (Å²) in [6.07, 6.45) is 6.64. The molecule has 0 aliphatic heterocycles. The molecule has 7 heteroatoms. The maximum absolute atomic E-state index is 5.93. The van der Waals surface area contributed by atoms with Crippen molar-refractivity contribution in [2.45, 2.75) is 51.0 Å². The van der Waals surface area contributed by atoms with Crippen molar-refractivity contribution in [2.75, 3.05) is 66.2 Å². The lowest BCUT2D eigenvalue weighted by Crippen LogP contribution is -2.23. The molecule has 0 bridgehead atoms. The first-order chi connectivity index (χ1) is 15.6. The maximum atomic E-state index is 5.93. The number of benzene rings is 1. The molecule has 1 radical (unpaired) electrons. The smallest absolute Gasteiger partial charge is 0.188 e. The van der Waals surface area contributed by atoms with E-state index in [-0.39, 0.29) is 18.3 Å². The van der Waals surface area contributed by atoms with Gasteiger partial charge in [-0.1, -0.05) is 26.0 Å². The molecule has 0 fully saturated rings. The third-order valence-corrected chi connectivity index (χ3v) is 6.46. The number of rotatable bonds is 21. The molecular formula is C25H43O6S. The third kappa shape index (κ3) is 12.4. The highest BCUT2D eigenvalue weighted by Gasteiger charge is 2.25. The second-order valence-electron chi connectivity index (χ2n) is 7.83. The molecular weight excluding hydrogens is 428 g/mol. The van der Waals surface area contributed by atoms with Crippen LogP contribution in [0.2, 0.25) is 0 Å². The molecule has 1 aromatic carbocycles. The monoisotopic (exact) mass is 471 g/mol. The molecule has 0 N–H and O–H groups in total. The van der Waals surface area contributed by atoms with E-state index in [4.69, 9.17) is 28.4 Å². The van der Waals surface area contributed by atoms with Crippen molar-refractivity contribution in [1.82, 2.24) is 0 Å². The minimum atomic E-state index is 0.0138. The summed E-state index contributed by atoms with van der Waals surface area (Å²) in [5, 5.41) is 0. The Hall–Kier alpha value is -0.830. The number of hydrogen-bond acceptors (Lipinski definition) is 7. The van der Waals surface area contributed by atoms with Crippen molar-refractivity contribution >= 4 is 11.8 Å². The fourth-order valence-electron chi connectivity index (χ4n) is 3.27. The lowest BCUT2D eigenvalue weighted by Gasteiger charge is -2.29. The van der Waals surface area contributed by atoms with Crippen molar-refractivity contribution in [3.05, 3.63) is 36.2 Å². The van der Waals surface area contributed by atoms with Gasteiger partial charge in [-0.2, -0.15) is 11.8 Å². The molecule has 0 amide bonds. The van der Waals surface area contributed by atoms with Crippen LogP contribution in [0.15, 0.2) is 24.3 Å². The van der Waals surface area contributed by atoms with Crippen molar-refractivity contribution in [2.24, 2.45) is 0 Å². The zero-order valence-electron chi connectivity index (χ0n) is 20.6. The van der Waals surface area contributed by atoms with E-state index < -0.39 is 0 Å². The summed E-state index contributed by atoms with van der Waals surface area (Å²) < 4.78 is 32.0. The Kier molecular flexibility index (Phi) is 17.0. The molecule has 1 rings (SSSR count). The number of thioether (sulfide) groups is 1. The predicted octanol–water partition coefficient (Wildman–Crippen LogP) is 5.10. The minimum absolute atomic E-state index is 0.0138. The molecule has 185 valence electrons. The van der Waals surface area contributed by atoms with Crippen LogP contribution < -0.4 is 4.74 Å². The van der Waals surface area contributed by atoms with E-state index in [9.17, 15) is 0 Å². The molecule has 0 aliphatic carbocycles. The van der Waals surface area contributed by atoms with E-state index in [1.165, 1.54) is 5.56 Å². The molecule has 0 aromatic heterocycles. The van der Waals surface area contributed by atoms with Gasteiger partial charge in [-0.3, -0.25) is 0 Å². The summed E-state index contributed by atoms with van der Waals surface area (Å²) in [6.45, 7) is 7.19. The van der Waals surface area contributed by atoms with Gasteiger partial charge >= 0.3 is 0 Å². The van der Waals surface area contributed by atoms with Gasteiger partial charge in [0.15, 0.2) is 6.79 Å². The van der Waals surface area contributed by atoms with Crippen LogP contribution in [0.3, 0.4) is 0 Å². The summed E-state index contributed by atoms with van der Waals surface area (Å²) in [5.41, 5.74) is 1.31. The molecule has 0 saturated carbocycles. The molecule has 1 aromatic rings. The first-order valence-corrected chi connectivity index (χ1v) is 12.6. The number of methoxy groups -OCH3 is 3. The lowest BCUT2D eigenvalue weighted by atomic mass is 9.76. The second-order valence-corrected chi connectivity index (χ2v) is 9.05. The molecule has 6 nitrogen and oxygen atoms in total. The van der Waals surface area contributed by atoms with Gasteiger partial charge in [0.05, 0.1) is 25.9 Å². The molecule has 0 heterocycles. The molecule has 2 unspecified atom stereocenters. The van der Waals surface area contributed by atoms with Crippen LogP contribution in [-0.4, -0.2) is 72.3 Å². The highest BCUT2D eigenvalue weighted by Crippen LogP contribution is 2.33. The lowest BCUT2D eigenvalue weighted by molar-refractivity contribution is -0.0745. The standard InChI is InChI=1S/C25H43O6S/c1-6-25(2,22-9-11-24(12-10-22)31-21-28-5)14-7-8-23(30-20-27-4)13-18-32-19-17-29-16-15-26-3/h9-12,14,23H,6-8,13,15-21H2,1-5H3. The Balaban J connectivity index is 2.43. The Morgan fingerprint density at radius 3 is 2.31 bits per heavy atom. The Morgan fingerprint density at radius 2 is 1.66 bits per heavy atom. The van der Waals surface area contributed by atoms with Crippen molar-refractivity contribution in [1.29, 1.82) is 0 Å². The summed E-state index contributed by atoms with van der Waals surface area (Å²) in [4.78, 5) is 0. The summed E-state index contributed by atoms with van der Waals surface area (Å²) in [6, 6.07) is 8.32. The average molecular weight is 472 g/mol. The second kappa shape index (κ2) is 18.6. The first-order valence-electron chi connectivity index (χ1n) is 11.4. The Bertz CT molecular complexity index is 556. The highest BCUT2D eigenvalue weighted by atomic mass is 32.2. The Labute approximate surface area is 199 Å². The first kappa shape index (κ1) is 29.2. The minimum Gasteiger partial charge on any atom is -0.468 e. The van der Waals surface area contributed by atoms with Crippen molar-refractivity contribution in [3.8, 4) is 5.75 Å². The van der Waals surface area contributed by atoms with Crippen LogP contribution in [0.5, 0.6) is 5.75 Å². The van der Waals surface area contributed by atoms with Crippen LogP contribution in [0, 0.1) is 6.42 Å². The van der Waals surface area contributed by atoms with E-state index >= 15 is 0 Å². The summed E-state index contributed by atoms with van der Waals surface area (Å²) in [5.74, 6) is 2.87. The van der Waals surface area contributed by atoms with Crippen LogP contribution >= 0.6 is 11.8 Å². The van der Waals surface area contributed by atoms with Crippen LogP contribution in [0.1, 0.15) is 45.1 Å². The van der Waals surface area contributed by atoms with Gasteiger partial charge in [0.25, 0.3) is 0 Å². The van der Waals surface area contributed by atoms with E-state index in [1.54, 1.807) is 21.3 Å². The van der Waals surface area contributed by atoms with E-state index in [1.807, 2.05) is 23.9 Å². The molecule has 2 atom stereocenters. The quantitative estimate of drug-likeness (QED) is 0.183. The summed E-state index contributed by atoms with van der Waals surface area (Å²) in [7, 11) is 4.98. The van der Waals surface area contributed by atoms with Gasteiger partial charge in [0.1, 0.15) is 12.5 Å². The zero-order chi connectivity index (χ0) is 23.5. The largest absolute Gasteiger partial charge is 0.468 e. The van der Waals surface area contributed by atoms with Gasteiger partial charge in [-0.15, -0.1) is 0 Å². The summed E-state index contributed by atoms with van der Waals surface area (Å²) >= 11 is 1.90. The van der Waals surface area contributed by atoms with Crippen molar-refractivity contribution < 1.29 is 28.4 Å². The van der Waals surface area contributed by atoms with Crippen LogP contribution in [0.4, 0.5) is 0 Å². The Morgan fingerprint density at radius 1 is 0.906 bits per heavy atom. The van der Waals surface area contributed by atoms with Crippen LogP contribution in [-0.2, 0) is 29.1 Å². The number of hydrogen-bond donors (Lipinski definition) is 0. The van der Waals surface area contributed by atoms with Gasteiger partial charge in [0, 0.05) is 27.1 Å². The van der Waals surface area contributed by atoms with E-state index in [0.717, 1.165) is 49.5 Å². The highest BCUT2D eigenvalue weighted by molar-refractivity contribution is 7.99. The molecule has 0 saturated heterocycles.